The summed E-state index contributed by atoms with van der Waals surface area (Å²) in [5.41, 5.74) is 7.36. The summed E-state index contributed by atoms with van der Waals surface area (Å²) in [6.07, 6.45) is 3.41. The fraction of sp³-hybridized carbons (Fsp3) is 0.273. The van der Waals surface area contributed by atoms with Gasteiger partial charge in [-0.05, 0) is 18.1 Å². The second-order valence-corrected chi connectivity index (χ2v) is 4.34. The maximum Gasteiger partial charge on any atom is 0.176 e. The molecular formula is C11H13ClN4. The zero-order chi connectivity index (χ0) is 11.7. The van der Waals surface area contributed by atoms with Crippen LogP contribution in [-0.2, 0) is 0 Å². The molecule has 2 N–H and O–H groups in total. The van der Waals surface area contributed by atoms with Gasteiger partial charge in [-0.2, -0.15) is 5.10 Å². The van der Waals surface area contributed by atoms with Crippen molar-refractivity contribution in [1.29, 1.82) is 0 Å². The highest BCUT2D eigenvalue weighted by Crippen LogP contribution is 2.19. The molecule has 0 aliphatic carbocycles. The van der Waals surface area contributed by atoms with Crippen LogP contribution >= 0.6 is 11.6 Å². The molecule has 0 aliphatic rings. The monoisotopic (exact) mass is 236 g/mol. The molecule has 0 aliphatic heterocycles. The second kappa shape index (κ2) is 4.14. The van der Waals surface area contributed by atoms with Crippen LogP contribution in [0.5, 0.6) is 0 Å². The van der Waals surface area contributed by atoms with Crippen LogP contribution in [-0.4, -0.2) is 14.8 Å². The van der Waals surface area contributed by atoms with Gasteiger partial charge < -0.3 is 5.73 Å². The molecule has 0 radical (unpaired) electrons. The molecule has 2 aromatic heterocycles. The van der Waals surface area contributed by atoms with Crippen molar-refractivity contribution < 1.29 is 0 Å². The van der Waals surface area contributed by atoms with Crippen LogP contribution in [0.4, 0.5) is 5.69 Å². The summed E-state index contributed by atoms with van der Waals surface area (Å²) in [6.45, 7) is 4.18. The van der Waals surface area contributed by atoms with Crippen molar-refractivity contribution in [2.45, 2.75) is 19.8 Å². The number of halogens is 1. The molecular weight excluding hydrogens is 224 g/mol. The number of hydrogen-bond acceptors (Lipinski definition) is 3. The third kappa shape index (κ3) is 2.02. The number of nitrogen functional groups attached to an aromatic ring is 1. The van der Waals surface area contributed by atoms with Crippen molar-refractivity contribution in [2.75, 3.05) is 5.73 Å². The van der Waals surface area contributed by atoms with Gasteiger partial charge in [0, 0.05) is 12.4 Å². The van der Waals surface area contributed by atoms with Crippen molar-refractivity contribution in [3.63, 3.8) is 0 Å². The minimum absolute atomic E-state index is 0.384. The van der Waals surface area contributed by atoms with E-state index in [9.17, 15) is 0 Å². The van der Waals surface area contributed by atoms with Gasteiger partial charge in [0.2, 0.25) is 0 Å². The first-order valence-electron chi connectivity index (χ1n) is 5.05. The highest BCUT2D eigenvalue weighted by molar-refractivity contribution is 6.30. The molecule has 16 heavy (non-hydrogen) atoms. The standard InChI is InChI=1S/C11H13ClN4/c1-7(2)10-3-4-16(15-10)11-9(13)5-8(12)6-14-11/h3-7H,13H2,1-2H3. The smallest absolute Gasteiger partial charge is 0.176 e. The molecule has 5 heteroatoms. The van der Waals surface area contributed by atoms with E-state index in [0.717, 1.165) is 5.69 Å². The summed E-state index contributed by atoms with van der Waals surface area (Å²) in [5.74, 6) is 0.992. The van der Waals surface area contributed by atoms with Gasteiger partial charge >= 0.3 is 0 Å². The summed E-state index contributed by atoms with van der Waals surface area (Å²) in [7, 11) is 0. The molecule has 0 amide bonds. The van der Waals surface area contributed by atoms with E-state index in [1.54, 1.807) is 16.9 Å². The minimum Gasteiger partial charge on any atom is -0.396 e. The first-order valence-corrected chi connectivity index (χ1v) is 5.42. The molecule has 2 heterocycles. The zero-order valence-corrected chi connectivity index (χ0v) is 9.94. The topological polar surface area (TPSA) is 56.7 Å². The third-order valence-corrected chi connectivity index (χ3v) is 2.49. The Hall–Kier alpha value is -1.55. The lowest BCUT2D eigenvalue weighted by Crippen LogP contribution is -2.04. The van der Waals surface area contributed by atoms with Crippen LogP contribution in [0.2, 0.25) is 5.02 Å². The zero-order valence-electron chi connectivity index (χ0n) is 9.18. The fourth-order valence-corrected chi connectivity index (χ4v) is 1.57. The van der Waals surface area contributed by atoms with E-state index in [-0.39, 0.29) is 0 Å². The Morgan fingerprint density at radius 3 is 2.75 bits per heavy atom. The lowest BCUT2D eigenvalue weighted by molar-refractivity contribution is 0.759. The lowest BCUT2D eigenvalue weighted by Gasteiger charge is -2.04. The summed E-state index contributed by atoms with van der Waals surface area (Å²) in [6, 6.07) is 3.63. The van der Waals surface area contributed by atoms with Crippen LogP contribution in [0.3, 0.4) is 0 Å². The van der Waals surface area contributed by atoms with E-state index >= 15 is 0 Å². The van der Waals surface area contributed by atoms with E-state index in [2.05, 4.69) is 23.9 Å². The predicted molar refractivity (Wildman–Crippen MR) is 64.9 cm³/mol. The minimum atomic E-state index is 0.384. The van der Waals surface area contributed by atoms with E-state index in [1.807, 2.05) is 12.3 Å². The van der Waals surface area contributed by atoms with Gasteiger partial charge in [-0.1, -0.05) is 25.4 Å². The molecule has 4 nitrogen and oxygen atoms in total. The van der Waals surface area contributed by atoms with Gasteiger partial charge in [0.05, 0.1) is 16.4 Å². The van der Waals surface area contributed by atoms with Gasteiger partial charge in [-0.3, -0.25) is 0 Å². The van der Waals surface area contributed by atoms with Crippen LogP contribution in [0.15, 0.2) is 24.5 Å². The molecule has 0 saturated carbocycles. The number of rotatable bonds is 2. The van der Waals surface area contributed by atoms with Crippen molar-refractivity contribution >= 4 is 17.3 Å². The molecule has 0 spiro atoms. The highest BCUT2D eigenvalue weighted by atomic mass is 35.5. The summed E-state index contributed by atoms with van der Waals surface area (Å²) >= 11 is 5.79. The average molecular weight is 237 g/mol. The second-order valence-electron chi connectivity index (χ2n) is 3.91. The maximum atomic E-state index is 5.83. The summed E-state index contributed by atoms with van der Waals surface area (Å²) < 4.78 is 1.67. The molecule has 0 fully saturated rings. The Morgan fingerprint density at radius 2 is 2.19 bits per heavy atom. The van der Waals surface area contributed by atoms with Crippen LogP contribution in [0.1, 0.15) is 25.5 Å². The number of aromatic nitrogens is 3. The van der Waals surface area contributed by atoms with E-state index < -0.39 is 0 Å². The number of nitrogens with two attached hydrogens (primary N) is 1. The van der Waals surface area contributed by atoms with Crippen molar-refractivity contribution in [2.24, 2.45) is 0 Å². The predicted octanol–water partition coefficient (Wildman–Crippen LogP) is 2.63. The first-order chi connectivity index (χ1) is 7.58. The van der Waals surface area contributed by atoms with Crippen molar-refractivity contribution in [1.82, 2.24) is 14.8 Å². The maximum absolute atomic E-state index is 5.83. The number of nitrogens with zero attached hydrogens (tertiary/aromatic N) is 3. The Morgan fingerprint density at radius 1 is 1.44 bits per heavy atom. The Balaban J connectivity index is 2.42. The van der Waals surface area contributed by atoms with Gasteiger partial charge in [-0.15, -0.1) is 0 Å². The molecule has 2 aromatic rings. The molecule has 0 atom stereocenters. The number of anilines is 1. The largest absolute Gasteiger partial charge is 0.396 e. The van der Waals surface area contributed by atoms with Crippen LogP contribution < -0.4 is 5.73 Å². The van der Waals surface area contributed by atoms with Gasteiger partial charge in [-0.25, -0.2) is 9.67 Å². The quantitative estimate of drug-likeness (QED) is 0.872. The van der Waals surface area contributed by atoms with Gasteiger partial charge in [0.1, 0.15) is 0 Å². The number of hydrogen-bond donors (Lipinski definition) is 1. The third-order valence-electron chi connectivity index (χ3n) is 2.28. The molecule has 0 saturated heterocycles. The SMILES string of the molecule is CC(C)c1ccn(-c2ncc(Cl)cc2N)n1. The molecule has 0 unspecified atom stereocenters. The van der Waals surface area contributed by atoms with E-state index in [0.29, 0.717) is 22.4 Å². The van der Waals surface area contributed by atoms with E-state index in [4.69, 9.17) is 17.3 Å². The molecule has 2 rings (SSSR count). The first kappa shape index (κ1) is 11.0. The summed E-state index contributed by atoms with van der Waals surface area (Å²) in [4.78, 5) is 4.16. The average Bonchev–Trinajstić information content (AvgIpc) is 2.66. The Bertz CT molecular complexity index is 504. The van der Waals surface area contributed by atoms with Crippen LogP contribution in [0, 0.1) is 0 Å². The van der Waals surface area contributed by atoms with Crippen molar-refractivity contribution in [3.8, 4) is 5.82 Å². The summed E-state index contributed by atoms with van der Waals surface area (Å²) in [5, 5.41) is 4.93. The lowest BCUT2D eigenvalue weighted by atomic mass is 10.1. The Kier molecular flexibility index (Phi) is 2.83. The molecule has 0 aromatic carbocycles. The van der Waals surface area contributed by atoms with Gasteiger partial charge in [0.15, 0.2) is 5.82 Å². The van der Waals surface area contributed by atoms with E-state index in [1.165, 1.54) is 0 Å². The molecule has 84 valence electrons. The fourth-order valence-electron chi connectivity index (χ4n) is 1.40. The number of pyridine rings is 1. The molecule has 0 bridgehead atoms. The highest BCUT2D eigenvalue weighted by Gasteiger charge is 2.08. The van der Waals surface area contributed by atoms with Crippen LogP contribution in [0.25, 0.3) is 5.82 Å². The van der Waals surface area contributed by atoms with Crippen molar-refractivity contribution in [3.05, 3.63) is 35.2 Å². The Labute approximate surface area is 99.1 Å². The van der Waals surface area contributed by atoms with Gasteiger partial charge in [0.25, 0.3) is 0 Å². The normalized spacial score (nSPS) is 11.0.